The summed E-state index contributed by atoms with van der Waals surface area (Å²) < 4.78 is 5.25. The van der Waals surface area contributed by atoms with Gasteiger partial charge in [-0.05, 0) is 30.2 Å². The number of hydrogen-bond acceptors (Lipinski definition) is 2. The molecule has 0 fully saturated rings. The smallest absolute Gasteiger partial charge is 0.119 e. The van der Waals surface area contributed by atoms with Gasteiger partial charge in [-0.3, -0.25) is 0 Å². The van der Waals surface area contributed by atoms with Crippen molar-refractivity contribution in [2.24, 2.45) is 0 Å². The summed E-state index contributed by atoms with van der Waals surface area (Å²) in [4.78, 5) is 0. The summed E-state index contributed by atoms with van der Waals surface area (Å²) in [5, 5.41) is 3.48. The maximum atomic E-state index is 5.25. The SMILES string of the molecule is COc1cccc(C(C)NC/C=C/c2ccccc2)c1. The fraction of sp³-hybridized carbons (Fsp3) is 0.222. The molecule has 0 radical (unpaired) electrons. The van der Waals surface area contributed by atoms with E-state index in [4.69, 9.17) is 4.74 Å². The van der Waals surface area contributed by atoms with Crippen LogP contribution in [0.4, 0.5) is 0 Å². The third-order valence-corrected chi connectivity index (χ3v) is 3.25. The summed E-state index contributed by atoms with van der Waals surface area (Å²) in [6, 6.07) is 18.8. The third-order valence-electron chi connectivity index (χ3n) is 3.25. The Morgan fingerprint density at radius 3 is 2.65 bits per heavy atom. The van der Waals surface area contributed by atoms with E-state index in [1.54, 1.807) is 7.11 Å². The van der Waals surface area contributed by atoms with E-state index in [0.717, 1.165) is 12.3 Å². The zero-order valence-electron chi connectivity index (χ0n) is 12.0. The summed E-state index contributed by atoms with van der Waals surface area (Å²) in [6.45, 7) is 3.00. The minimum atomic E-state index is 0.297. The molecule has 0 saturated heterocycles. The summed E-state index contributed by atoms with van der Waals surface area (Å²) >= 11 is 0. The van der Waals surface area contributed by atoms with Crippen molar-refractivity contribution in [2.45, 2.75) is 13.0 Å². The molecule has 104 valence electrons. The highest BCUT2D eigenvalue weighted by molar-refractivity contribution is 5.48. The van der Waals surface area contributed by atoms with Crippen LogP contribution in [0.3, 0.4) is 0 Å². The van der Waals surface area contributed by atoms with Gasteiger partial charge in [0.25, 0.3) is 0 Å². The van der Waals surface area contributed by atoms with Crippen molar-refractivity contribution in [1.29, 1.82) is 0 Å². The molecule has 20 heavy (non-hydrogen) atoms. The van der Waals surface area contributed by atoms with Gasteiger partial charge in [0.15, 0.2) is 0 Å². The molecule has 0 aliphatic rings. The van der Waals surface area contributed by atoms with Crippen LogP contribution in [0, 0.1) is 0 Å². The number of methoxy groups -OCH3 is 1. The Morgan fingerprint density at radius 1 is 1.10 bits per heavy atom. The number of nitrogens with one attached hydrogen (secondary N) is 1. The van der Waals surface area contributed by atoms with Crippen molar-refractivity contribution < 1.29 is 4.74 Å². The highest BCUT2D eigenvalue weighted by Gasteiger charge is 2.04. The molecule has 0 bridgehead atoms. The molecule has 2 aromatic carbocycles. The van der Waals surface area contributed by atoms with Crippen molar-refractivity contribution >= 4 is 6.08 Å². The van der Waals surface area contributed by atoms with E-state index in [0.29, 0.717) is 6.04 Å². The predicted molar refractivity (Wildman–Crippen MR) is 84.9 cm³/mol. The lowest BCUT2D eigenvalue weighted by atomic mass is 10.1. The standard InChI is InChI=1S/C18H21NO/c1-15(17-11-6-12-18(14-17)20-2)19-13-7-10-16-8-4-3-5-9-16/h3-12,14-15,19H,13H2,1-2H3/b10-7+. The van der Waals surface area contributed by atoms with Crippen molar-refractivity contribution in [3.63, 3.8) is 0 Å². The first-order valence-corrected chi connectivity index (χ1v) is 6.88. The largest absolute Gasteiger partial charge is 0.497 e. The maximum absolute atomic E-state index is 5.25. The molecule has 1 N–H and O–H groups in total. The fourth-order valence-electron chi connectivity index (χ4n) is 2.03. The molecule has 2 rings (SSSR count). The first kappa shape index (κ1) is 14.4. The molecular formula is C18H21NO. The van der Waals surface area contributed by atoms with E-state index < -0.39 is 0 Å². The van der Waals surface area contributed by atoms with Crippen LogP contribution in [0.5, 0.6) is 5.75 Å². The van der Waals surface area contributed by atoms with E-state index in [2.05, 4.69) is 48.7 Å². The van der Waals surface area contributed by atoms with Crippen LogP contribution in [-0.2, 0) is 0 Å². The monoisotopic (exact) mass is 267 g/mol. The second-order valence-electron chi connectivity index (χ2n) is 4.72. The lowest BCUT2D eigenvalue weighted by molar-refractivity contribution is 0.413. The van der Waals surface area contributed by atoms with E-state index in [9.17, 15) is 0 Å². The second-order valence-corrected chi connectivity index (χ2v) is 4.72. The van der Waals surface area contributed by atoms with Crippen LogP contribution in [-0.4, -0.2) is 13.7 Å². The van der Waals surface area contributed by atoms with Gasteiger partial charge in [-0.1, -0.05) is 54.6 Å². The minimum Gasteiger partial charge on any atom is -0.497 e. The summed E-state index contributed by atoms with van der Waals surface area (Å²) in [7, 11) is 1.69. The van der Waals surface area contributed by atoms with Crippen LogP contribution >= 0.6 is 0 Å². The highest BCUT2D eigenvalue weighted by Crippen LogP contribution is 2.18. The zero-order valence-corrected chi connectivity index (χ0v) is 12.0. The zero-order chi connectivity index (χ0) is 14.2. The molecule has 0 aliphatic carbocycles. The summed E-state index contributed by atoms with van der Waals surface area (Å²) in [5.74, 6) is 0.899. The molecular weight excluding hydrogens is 246 g/mol. The van der Waals surface area contributed by atoms with Crippen LogP contribution < -0.4 is 10.1 Å². The topological polar surface area (TPSA) is 21.3 Å². The molecule has 1 unspecified atom stereocenters. The van der Waals surface area contributed by atoms with E-state index in [-0.39, 0.29) is 0 Å². The lowest BCUT2D eigenvalue weighted by Crippen LogP contribution is -2.18. The van der Waals surface area contributed by atoms with Crippen molar-refractivity contribution in [2.75, 3.05) is 13.7 Å². The first-order chi connectivity index (χ1) is 9.79. The predicted octanol–water partition coefficient (Wildman–Crippen LogP) is 4.06. The molecule has 0 saturated carbocycles. The number of ether oxygens (including phenoxy) is 1. The minimum absolute atomic E-state index is 0.297. The molecule has 1 atom stereocenters. The lowest BCUT2D eigenvalue weighted by Gasteiger charge is -2.13. The Labute approximate surface area is 121 Å². The average Bonchev–Trinajstić information content (AvgIpc) is 2.52. The molecule has 0 amide bonds. The van der Waals surface area contributed by atoms with E-state index in [1.807, 2.05) is 30.3 Å². The third kappa shape index (κ3) is 4.25. The van der Waals surface area contributed by atoms with Crippen LogP contribution in [0.25, 0.3) is 6.08 Å². The number of benzene rings is 2. The Bertz CT molecular complexity index is 548. The molecule has 2 heteroatoms. The Hall–Kier alpha value is -2.06. The molecule has 0 spiro atoms. The normalized spacial score (nSPS) is 12.5. The van der Waals surface area contributed by atoms with Gasteiger partial charge in [-0.2, -0.15) is 0 Å². The van der Waals surface area contributed by atoms with Crippen LogP contribution in [0.15, 0.2) is 60.7 Å². The molecule has 2 aromatic rings. The Kier molecular flexibility index (Phi) is 5.39. The summed E-state index contributed by atoms with van der Waals surface area (Å²) in [5.41, 5.74) is 2.46. The van der Waals surface area contributed by atoms with Gasteiger partial charge < -0.3 is 10.1 Å². The molecule has 2 nitrogen and oxygen atoms in total. The van der Waals surface area contributed by atoms with Crippen LogP contribution in [0.2, 0.25) is 0 Å². The molecule has 0 aliphatic heterocycles. The number of hydrogen-bond donors (Lipinski definition) is 1. The van der Waals surface area contributed by atoms with Gasteiger partial charge in [0.05, 0.1) is 7.11 Å². The molecule has 0 heterocycles. The quantitative estimate of drug-likeness (QED) is 0.852. The Morgan fingerprint density at radius 2 is 1.90 bits per heavy atom. The van der Waals surface area contributed by atoms with Gasteiger partial charge in [0.1, 0.15) is 5.75 Å². The van der Waals surface area contributed by atoms with Crippen LogP contribution in [0.1, 0.15) is 24.1 Å². The second kappa shape index (κ2) is 7.51. The maximum Gasteiger partial charge on any atom is 0.119 e. The van der Waals surface area contributed by atoms with Crippen molar-refractivity contribution in [3.05, 3.63) is 71.8 Å². The number of rotatable bonds is 6. The van der Waals surface area contributed by atoms with Gasteiger partial charge in [-0.25, -0.2) is 0 Å². The summed E-state index contributed by atoms with van der Waals surface area (Å²) in [6.07, 6.45) is 4.28. The molecule has 0 aromatic heterocycles. The van der Waals surface area contributed by atoms with Crippen molar-refractivity contribution in [3.8, 4) is 5.75 Å². The fourth-order valence-corrected chi connectivity index (χ4v) is 2.03. The van der Waals surface area contributed by atoms with Gasteiger partial charge in [0.2, 0.25) is 0 Å². The first-order valence-electron chi connectivity index (χ1n) is 6.88. The van der Waals surface area contributed by atoms with Gasteiger partial charge in [-0.15, -0.1) is 0 Å². The van der Waals surface area contributed by atoms with E-state index in [1.165, 1.54) is 11.1 Å². The Balaban J connectivity index is 1.85. The van der Waals surface area contributed by atoms with E-state index >= 15 is 0 Å². The van der Waals surface area contributed by atoms with Gasteiger partial charge in [0, 0.05) is 12.6 Å². The van der Waals surface area contributed by atoms with Gasteiger partial charge >= 0.3 is 0 Å². The average molecular weight is 267 g/mol. The highest BCUT2D eigenvalue weighted by atomic mass is 16.5. The van der Waals surface area contributed by atoms with Crippen molar-refractivity contribution in [1.82, 2.24) is 5.32 Å².